The van der Waals surface area contributed by atoms with E-state index in [0.717, 1.165) is 25.9 Å². The summed E-state index contributed by atoms with van der Waals surface area (Å²) >= 11 is 6.91. The summed E-state index contributed by atoms with van der Waals surface area (Å²) in [7, 11) is 0. The van der Waals surface area contributed by atoms with Crippen LogP contribution in [0.15, 0.2) is 51.4 Å². The van der Waals surface area contributed by atoms with E-state index in [1.165, 1.54) is 0 Å². The van der Waals surface area contributed by atoms with Gasteiger partial charge in [-0.1, -0.05) is 34.1 Å². The van der Waals surface area contributed by atoms with Crippen LogP contribution in [0.1, 0.15) is 5.56 Å². The summed E-state index contributed by atoms with van der Waals surface area (Å²) in [6.45, 7) is 0.503. The van der Waals surface area contributed by atoms with Crippen molar-refractivity contribution in [2.24, 2.45) is 0 Å². The van der Waals surface area contributed by atoms with Crippen LogP contribution in [0.25, 0.3) is 0 Å². The van der Waals surface area contributed by atoms with Crippen molar-refractivity contribution in [1.29, 1.82) is 0 Å². The predicted octanol–water partition coefficient (Wildman–Crippen LogP) is 4.37. The van der Waals surface area contributed by atoms with Gasteiger partial charge in [0.05, 0.1) is 4.47 Å². The van der Waals surface area contributed by atoms with E-state index in [4.69, 9.17) is 10.5 Å². The molecule has 0 aliphatic rings. The Labute approximate surface area is 117 Å². The molecule has 0 fully saturated rings. The lowest BCUT2D eigenvalue weighted by molar-refractivity contribution is 0.303. The van der Waals surface area contributed by atoms with Crippen LogP contribution < -0.4 is 10.5 Å². The Morgan fingerprint density at radius 1 is 1.00 bits per heavy atom. The minimum Gasteiger partial charge on any atom is -0.488 e. The monoisotopic (exact) mass is 355 g/mol. The first-order valence-corrected chi connectivity index (χ1v) is 6.66. The van der Waals surface area contributed by atoms with Gasteiger partial charge < -0.3 is 10.5 Å². The lowest BCUT2D eigenvalue weighted by Crippen LogP contribution is -1.97. The van der Waals surface area contributed by atoms with Gasteiger partial charge in [-0.05, 0) is 40.2 Å². The number of para-hydroxylation sites is 1. The molecule has 2 nitrogen and oxygen atoms in total. The molecule has 0 radical (unpaired) electrons. The average molecular weight is 357 g/mol. The second-order valence-electron chi connectivity index (χ2n) is 3.57. The van der Waals surface area contributed by atoms with Crippen LogP contribution in [0, 0.1) is 0 Å². The van der Waals surface area contributed by atoms with Crippen molar-refractivity contribution in [1.82, 2.24) is 0 Å². The number of anilines is 1. The molecule has 0 amide bonds. The van der Waals surface area contributed by atoms with E-state index in [1.807, 2.05) is 42.5 Å². The number of nitrogen functional groups attached to an aromatic ring is 1. The standard InChI is InChI=1S/C13H11Br2NO/c14-11-3-1-2-4-13(11)17-8-9-5-6-10(16)7-12(9)15/h1-7H,8,16H2. The Kier molecular flexibility index (Phi) is 4.07. The normalized spacial score (nSPS) is 10.2. The highest BCUT2D eigenvalue weighted by Gasteiger charge is 2.03. The van der Waals surface area contributed by atoms with E-state index in [0.29, 0.717) is 6.61 Å². The Hall–Kier alpha value is -1.000. The van der Waals surface area contributed by atoms with Gasteiger partial charge in [-0.15, -0.1) is 0 Å². The van der Waals surface area contributed by atoms with Crippen molar-refractivity contribution >= 4 is 37.5 Å². The van der Waals surface area contributed by atoms with Crippen LogP contribution in [0.2, 0.25) is 0 Å². The SMILES string of the molecule is Nc1ccc(COc2ccccc2Br)c(Br)c1. The van der Waals surface area contributed by atoms with Gasteiger partial charge in [-0.3, -0.25) is 0 Å². The molecule has 2 rings (SSSR count). The maximum absolute atomic E-state index is 5.73. The summed E-state index contributed by atoms with van der Waals surface area (Å²) in [4.78, 5) is 0. The maximum atomic E-state index is 5.73. The molecular formula is C13H11Br2NO. The van der Waals surface area contributed by atoms with Gasteiger partial charge in [-0.2, -0.15) is 0 Å². The number of rotatable bonds is 3. The van der Waals surface area contributed by atoms with Crippen LogP contribution in [-0.2, 0) is 6.61 Å². The highest BCUT2D eigenvalue weighted by Crippen LogP contribution is 2.26. The van der Waals surface area contributed by atoms with E-state index >= 15 is 0 Å². The molecule has 0 spiro atoms. The smallest absolute Gasteiger partial charge is 0.133 e. The molecule has 0 aliphatic heterocycles. The first-order valence-electron chi connectivity index (χ1n) is 5.08. The van der Waals surface area contributed by atoms with Crippen molar-refractivity contribution in [2.45, 2.75) is 6.61 Å². The van der Waals surface area contributed by atoms with Gasteiger partial charge in [0.15, 0.2) is 0 Å². The van der Waals surface area contributed by atoms with E-state index in [-0.39, 0.29) is 0 Å². The van der Waals surface area contributed by atoms with E-state index in [2.05, 4.69) is 31.9 Å². The molecule has 2 aromatic carbocycles. The summed E-state index contributed by atoms with van der Waals surface area (Å²) in [6.07, 6.45) is 0. The van der Waals surface area contributed by atoms with Gasteiger partial charge in [0, 0.05) is 15.7 Å². The van der Waals surface area contributed by atoms with Crippen LogP contribution in [0.4, 0.5) is 5.69 Å². The maximum Gasteiger partial charge on any atom is 0.133 e. The minimum atomic E-state index is 0.503. The topological polar surface area (TPSA) is 35.2 Å². The Morgan fingerprint density at radius 2 is 1.76 bits per heavy atom. The summed E-state index contributed by atoms with van der Waals surface area (Å²) in [5, 5.41) is 0. The van der Waals surface area contributed by atoms with E-state index in [1.54, 1.807) is 0 Å². The fraction of sp³-hybridized carbons (Fsp3) is 0.0769. The van der Waals surface area contributed by atoms with Crippen molar-refractivity contribution in [2.75, 3.05) is 5.73 Å². The van der Waals surface area contributed by atoms with Crippen molar-refractivity contribution < 1.29 is 4.74 Å². The lowest BCUT2D eigenvalue weighted by Gasteiger charge is -2.09. The minimum absolute atomic E-state index is 0.503. The molecule has 4 heteroatoms. The number of hydrogen-bond donors (Lipinski definition) is 1. The molecule has 0 aromatic heterocycles. The summed E-state index contributed by atoms with van der Waals surface area (Å²) in [6, 6.07) is 13.5. The average Bonchev–Trinajstić information content (AvgIpc) is 2.30. The molecule has 0 heterocycles. The van der Waals surface area contributed by atoms with Crippen LogP contribution in [-0.4, -0.2) is 0 Å². The van der Waals surface area contributed by atoms with Gasteiger partial charge in [0.25, 0.3) is 0 Å². The molecule has 2 aromatic rings. The van der Waals surface area contributed by atoms with Crippen LogP contribution in [0.5, 0.6) is 5.75 Å². The first-order chi connectivity index (χ1) is 8.16. The number of nitrogens with two attached hydrogens (primary N) is 1. The van der Waals surface area contributed by atoms with Gasteiger partial charge >= 0.3 is 0 Å². The summed E-state index contributed by atoms with van der Waals surface area (Å²) in [5.41, 5.74) is 7.48. The molecule has 0 saturated heterocycles. The van der Waals surface area contributed by atoms with Crippen molar-refractivity contribution in [3.05, 3.63) is 57.0 Å². The van der Waals surface area contributed by atoms with Gasteiger partial charge in [0.2, 0.25) is 0 Å². The second kappa shape index (κ2) is 5.56. The lowest BCUT2D eigenvalue weighted by atomic mass is 10.2. The third-order valence-corrected chi connectivity index (χ3v) is 3.69. The zero-order valence-corrected chi connectivity index (χ0v) is 12.2. The second-order valence-corrected chi connectivity index (χ2v) is 5.28. The van der Waals surface area contributed by atoms with E-state index < -0.39 is 0 Å². The molecule has 0 saturated carbocycles. The molecular weight excluding hydrogens is 346 g/mol. The zero-order valence-electron chi connectivity index (χ0n) is 8.99. The van der Waals surface area contributed by atoms with Crippen molar-refractivity contribution in [3.63, 3.8) is 0 Å². The number of benzene rings is 2. The molecule has 88 valence electrons. The largest absolute Gasteiger partial charge is 0.488 e. The van der Waals surface area contributed by atoms with E-state index in [9.17, 15) is 0 Å². The quantitative estimate of drug-likeness (QED) is 0.828. The molecule has 0 unspecified atom stereocenters. The fourth-order valence-electron chi connectivity index (χ4n) is 1.40. The van der Waals surface area contributed by atoms with Crippen LogP contribution in [0.3, 0.4) is 0 Å². The molecule has 0 atom stereocenters. The number of hydrogen-bond acceptors (Lipinski definition) is 2. The predicted molar refractivity (Wildman–Crippen MR) is 77.0 cm³/mol. The zero-order chi connectivity index (χ0) is 12.3. The summed E-state index contributed by atoms with van der Waals surface area (Å²) < 4.78 is 7.64. The Morgan fingerprint density at radius 3 is 2.47 bits per heavy atom. The number of ether oxygens (including phenoxy) is 1. The third kappa shape index (κ3) is 3.23. The highest BCUT2D eigenvalue weighted by molar-refractivity contribution is 9.10. The molecule has 0 bridgehead atoms. The Bertz CT molecular complexity index is 529. The molecule has 0 aliphatic carbocycles. The van der Waals surface area contributed by atoms with Crippen LogP contribution >= 0.6 is 31.9 Å². The first kappa shape index (κ1) is 12.5. The highest BCUT2D eigenvalue weighted by atomic mass is 79.9. The summed E-state index contributed by atoms with van der Waals surface area (Å²) in [5.74, 6) is 0.830. The fourth-order valence-corrected chi connectivity index (χ4v) is 2.31. The van der Waals surface area contributed by atoms with Gasteiger partial charge in [0.1, 0.15) is 12.4 Å². The van der Waals surface area contributed by atoms with Crippen molar-refractivity contribution in [3.8, 4) is 5.75 Å². The number of halogens is 2. The Balaban J connectivity index is 2.10. The molecule has 2 N–H and O–H groups in total. The third-order valence-electron chi connectivity index (χ3n) is 2.30. The molecule has 17 heavy (non-hydrogen) atoms. The van der Waals surface area contributed by atoms with Gasteiger partial charge in [-0.25, -0.2) is 0 Å².